The van der Waals surface area contributed by atoms with Gasteiger partial charge in [0.1, 0.15) is 28.5 Å². The van der Waals surface area contributed by atoms with Crippen LogP contribution in [-0.4, -0.2) is 17.4 Å². The van der Waals surface area contributed by atoms with Gasteiger partial charge in [0.15, 0.2) is 11.2 Å². The number of nitriles is 1. The van der Waals surface area contributed by atoms with Gasteiger partial charge in [-0.05, 0) is 68.1 Å². The van der Waals surface area contributed by atoms with Gasteiger partial charge in [-0.15, -0.1) is 0 Å². The normalized spacial score (nSPS) is 21.5. The average molecular weight is 560 g/mol. The molecule has 4 heterocycles. The van der Waals surface area contributed by atoms with Gasteiger partial charge in [0.25, 0.3) is 0 Å². The number of anilines is 1. The lowest BCUT2D eigenvalue weighted by Crippen LogP contribution is -2.55. The number of hydrogen-bond donors (Lipinski definition) is 1. The van der Waals surface area contributed by atoms with Crippen LogP contribution in [0.5, 0.6) is 11.5 Å². The summed E-state index contributed by atoms with van der Waals surface area (Å²) in [5.74, 6) is -1.23. The van der Waals surface area contributed by atoms with E-state index in [1.807, 2.05) is 20.8 Å². The number of nitrogens with two attached hydrogens (primary N) is 1. The molecule has 0 aliphatic carbocycles. The van der Waals surface area contributed by atoms with E-state index in [4.69, 9.17) is 19.6 Å². The summed E-state index contributed by atoms with van der Waals surface area (Å²) in [7, 11) is 0. The Balaban J connectivity index is 1.59. The Morgan fingerprint density at radius 3 is 2.55 bits per heavy atom. The number of hydrogen-bond acceptors (Lipinski definition) is 8. The van der Waals surface area contributed by atoms with E-state index in [1.54, 1.807) is 71.6 Å². The van der Waals surface area contributed by atoms with Gasteiger partial charge >= 0.3 is 11.6 Å². The number of amides is 1. The van der Waals surface area contributed by atoms with Crippen molar-refractivity contribution < 1.29 is 23.5 Å². The van der Waals surface area contributed by atoms with Crippen LogP contribution in [0.25, 0.3) is 11.0 Å². The third kappa shape index (κ3) is 3.20. The molecule has 1 aromatic heterocycles. The van der Waals surface area contributed by atoms with Crippen LogP contribution in [0.4, 0.5) is 5.69 Å². The summed E-state index contributed by atoms with van der Waals surface area (Å²) < 4.78 is 17.5. The molecule has 9 heteroatoms. The molecule has 0 unspecified atom stereocenters. The third-order valence-electron chi connectivity index (χ3n) is 8.51. The molecule has 0 radical (unpaired) electrons. The summed E-state index contributed by atoms with van der Waals surface area (Å²) in [5, 5.41) is 10.9. The molecule has 208 valence electrons. The minimum atomic E-state index is -1.99. The minimum Gasteiger partial charge on any atom is -0.439 e. The van der Waals surface area contributed by atoms with Crippen molar-refractivity contribution in [3.05, 3.63) is 111 Å². The first-order valence-corrected chi connectivity index (χ1v) is 13.5. The number of carbonyl (C=O) groups excluding carboxylic acids is 2. The summed E-state index contributed by atoms with van der Waals surface area (Å²) in [4.78, 5) is 43.6. The molecule has 0 fully saturated rings. The fourth-order valence-corrected chi connectivity index (χ4v) is 6.90. The summed E-state index contributed by atoms with van der Waals surface area (Å²) in [6.45, 7) is 5.92. The zero-order valence-corrected chi connectivity index (χ0v) is 23.1. The predicted octanol–water partition coefficient (Wildman–Crippen LogP) is 5.02. The highest BCUT2D eigenvalue weighted by atomic mass is 16.5. The second-order valence-corrected chi connectivity index (χ2v) is 11.5. The first kappa shape index (κ1) is 25.6. The van der Waals surface area contributed by atoms with Crippen molar-refractivity contribution in [3.8, 4) is 17.6 Å². The summed E-state index contributed by atoms with van der Waals surface area (Å²) >= 11 is 0. The van der Waals surface area contributed by atoms with E-state index < -0.39 is 28.5 Å². The first-order valence-electron chi connectivity index (χ1n) is 13.5. The van der Waals surface area contributed by atoms with E-state index in [2.05, 4.69) is 6.07 Å². The lowest BCUT2D eigenvalue weighted by Gasteiger charge is -2.44. The zero-order valence-electron chi connectivity index (χ0n) is 23.1. The van der Waals surface area contributed by atoms with Crippen molar-refractivity contribution in [1.82, 2.24) is 0 Å². The van der Waals surface area contributed by atoms with Gasteiger partial charge in [0, 0.05) is 11.1 Å². The molecular formula is C33H25N3O6. The van der Waals surface area contributed by atoms with Crippen molar-refractivity contribution in [1.29, 1.82) is 5.26 Å². The Kier molecular flexibility index (Phi) is 5.22. The molecule has 9 nitrogen and oxygen atoms in total. The smallest absolute Gasteiger partial charge is 0.345 e. The van der Waals surface area contributed by atoms with Crippen LogP contribution in [0.3, 0.4) is 0 Å². The molecule has 2 N–H and O–H groups in total. The SMILES string of the molecule is C[C@H]1CC(C)(C)N2C(=O)[C@]3(C(C#N)=C(N)Oc4c3c(=O)oc3ccccc43)c3cc(OC(=O)c4ccccc4)cc1c32. The molecule has 7 rings (SSSR count). The van der Waals surface area contributed by atoms with Crippen LogP contribution < -0.4 is 25.7 Å². The highest BCUT2D eigenvalue weighted by Gasteiger charge is 2.65. The van der Waals surface area contributed by atoms with Crippen LogP contribution in [0.15, 0.2) is 87.4 Å². The number of fused-ring (bicyclic) bond motifs is 5. The Morgan fingerprint density at radius 1 is 1.10 bits per heavy atom. The minimum absolute atomic E-state index is 0.0532. The molecule has 0 saturated carbocycles. The van der Waals surface area contributed by atoms with E-state index in [0.29, 0.717) is 28.6 Å². The Hall–Kier alpha value is -5.36. The third-order valence-corrected chi connectivity index (χ3v) is 8.51. The van der Waals surface area contributed by atoms with Crippen LogP contribution >= 0.6 is 0 Å². The quantitative estimate of drug-likeness (QED) is 0.206. The first-order chi connectivity index (χ1) is 20.1. The highest BCUT2D eigenvalue weighted by Crippen LogP contribution is 2.61. The second kappa shape index (κ2) is 8.57. The van der Waals surface area contributed by atoms with Crippen molar-refractivity contribution in [3.63, 3.8) is 0 Å². The van der Waals surface area contributed by atoms with Crippen molar-refractivity contribution in [2.45, 2.75) is 44.1 Å². The van der Waals surface area contributed by atoms with Gasteiger partial charge < -0.3 is 24.5 Å². The van der Waals surface area contributed by atoms with Crippen molar-refractivity contribution >= 4 is 28.5 Å². The highest BCUT2D eigenvalue weighted by molar-refractivity contribution is 6.16. The van der Waals surface area contributed by atoms with Gasteiger partial charge in [-0.2, -0.15) is 5.26 Å². The number of ether oxygens (including phenoxy) is 2. The maximum absolute atomic E-state index is 14.9. The van der Waals surface area contributed by atoms with Crippen molar-refractivity contribution in [2.24, 2.45) is 5.73 Å². The predicted molar refractivity (Wildman–Crippen MR) is 153 cm³/mol. The Bertz CT molecular complexity index is 2000. The second-order valence-electron chi connectivity index (χ2n) is 11.5. The molecule has 4 aromatic rings. The van der Waals surface area contributed by atoms with Gasteiger partial charge in [-0.1, -0.05) is 37.3 Å². The molecule has 42 heavy (non-hydrogen) atoms. The number of carbonyl (C=O) groups is 2. The van der Waals surface area contributed by atoms with Crippen LogP contribution in [0, 0.1) is 11.3 Å². The molecule has 2 atom stereocenters. The largest absolute Gasteiger partial charge is 0.439 e. The van der Waals surface area contributed by atoms with Gasteiger partial charge in [0.05, 0.1) is 16.6 Å². The Morgan fingerprint density at radius 2 is 1.81 bits per heavy atom. The number of esters is 1. The molecule has 1 spiro atoms. The van der Waals surface area contributed by atoms with Gasteiger partial charge in [0.2, 0.25) is 11.8 Å². The maximum Gasteiger partial charge on any atom is 0.345 e. The molecule has 3 aliphatic rings. The molecule has 0 bridgehead atoms. The number of benzene rings is 3. The van der Waals surface area contributed by atoms with E-state index >= 15 is 0 Å². The number of para-hydroxylation sites is 1. The zero-order chi connectivity index (χ0) is 29.6. The topological polar surface area (TPSA) is 136 Å². The summed E-state index contributed by atoms with van der Waals surface area (Å²) in [5.41, 5.74) is 4.74. The fourth-order valence-electron chi connectivity index (χ4n) is 6.90. The number of rotatable bonds is 2. The number of nitrogens with zero attached hydrogens (tertiary/aromatic N) is 2. The molecular weight excluding hydrogens is 534 g/mol. The van der Waals surface area contributed by atoms with E-state index in [-0.39, 0.29) is 40.0 Å². The maximum atomic E-state index is 14.9. The van der Waals surface area contributed by atoms with Crippen LogP contribution in [-0.2, 0) is 10.2 Å². The standard InChI is InChI=1S/C33H25N3O6/c1-17-15-32(2,3)36-26-21(17)13-19(40-29(37)18-9-5-4-6-10-18)14-22(26)33(31(36)39)23(16-34)28(35)42-27-20-11-7-8-12-24(20)41-30(38)25(27)33/h4-14,17H,15,35H2,1-3H3/t17-,33-/m0/s1. The fraction of sp³-hybridized carbons (Fsp3) is 0.212. The lowest BCUT2D eigenvalue weighted by atomic mass is 9.68. The summed E-state index contributed by atoms with van der Waals surface area (Å²) in [6, 6.07) is 20.7. The monoisotopic (exact) mass is 559 g/mol. The van der Waals surface area contributed by atoms with Gasteiger partial charge in [-0.25, -0.2) is 9.59 Å². The van der Waals surface area contributed by atoms with E-state index in [9.17, 15) is 19.6 Å². The van der Waals surface area contributed by atoms with E-state index in [0.717, 1.165) is 5.56 Å². The van der Waals surface area contributed by atoms with Crippen LogP contribution in [0.2, 0.25) is 0 Å². The summed E-state index contributed by atoms with van der Waals surface area (Å²) in [6.07, 6.45) is 0.577. The Labute approximate surface area is 240 Å². The van der Waals surface area contributed by atoms with Crippen LogP contribution in [0.1, 0.15) is 60.2 Å². The van der Waals surface area contributed by atoms with Crippen molar-refractivity contribution in [2.75, 3.05) is 4.90 Å². The lowest BCUT2D eigenvalue weighted by molar-refractivity contribution is -0.122. The molecule has 0 saturated heterocycles. The van der Waals surface area contributed by atoms with E-state index in [1.165, 1.54) is 0 Å². The molecule has 3 aromatic carbocycles. The molecule has 1 amide bonds. The van der Waals surface area contributed by atoms with Gasteiger partial charge in [-0.3, -0.25) is 4.79 Å². The average Bonchev–Trinajstić information content (AvgIpc) is 3.21. The molecule has 3 aliphatic heterocycles.